The van der Waals surface area contributed by atoms with Crippen LogP contribution in [0.3, 0.4) is 0 Å². The molecule has 182 valence electrons. The molecule has 3 aromatic rings. The van der Waals surface area contributed by atoms with E-state index in [-0.39, 0.29) is 16.1 Å². The third-order valence-electron chi connectivity index (χ3n) is 5.20. The van der Waals surface area contributed by atoms with Gasteiger partial charge in [0.1, 0.15) is 13.2 Å². The van der Waals surface area contributed by atoms with Gasteiger partial charge in [0.05, 0.1) is 10.5 Å². The molecule has 1 aliphatic heterocycles. The van der Waals surface area contributed by atoms with Crippen LogP contribution >= 0.6 is 0 Å². The number of esters is 1. The highest BCUT2D eigenvalue weighted by Crippen LogP contribution is 2.32. The van der Waals surface area contributed by atoms with Crippen molar-refractivity contribution in [2.45, 2.75) is 18.2 Å². The van der Waals surface area contributed by atoms with Gasteiger partial charge in [-0.15, -0.1) is 0 Å². The van der Waals surface area contributed by atoms with Crippen LogP contribution in [-0.4, -0.2) is 40.1 Å². The van der Waals surface area contributed by atoms with E-state index in [2.05, 4.69) is 10.0 Å². The molecular formula is C25H24N2O7S. The summed E-state index contributed by atoms with van der Waals surface area (Å²) in [6, 6.07) is 17.4. The van der Waals surface area contributed by atoms with Gasteiger partial charge in [-0.3, -0.25) is 9.52 Å². The lowest BCUT2D eigenvalue weighted by atomic mass is 10.1. The highest BCUT2D eigenvalue weighted by Gasteiger charge is 2.20. The Morgan fingerprint density at radius 3 is 2.40 bits per heavy atom. The number of anilines is 2. The molecule has 2 N–H and O–H groups in total. The van der Waals surface area contributed by atoms with Gasteiger partial charge in [0.25, 0.3) is 15.9 Å². The molecule has 0 atom stereocenters. The maximum Gasteiger partial charge on any atom is 0.338 e. The highest BCUT2D eigenvalue weighted by molar-refractivity contribution is 7.92. The molecule has 0 bridgehead atoms. The summed E-state index contributed by atoms with van der Waals surface area (Å²) in [5.41, 5.74) is 2.08. The molecular weight excluding hydrogens is 472 g/mol. The topological polar surface area (TPSA) is 120 Å². The third-order valence-corrected chi connectivity index (χ3v) is 6.58. The molecule has 0 saturated carbocycles. The van der Waals surface area contributed by atoms with Crippen LogP contribution in [0.2, 0.25) is 0 Å². The predicted octanol–water partition coefficient (Wildman–Crippen LogP) is 3.62. The fourth-order valence-corrected chi connectivity index (χ4v) is 4.50. The average Bonchev–Trinajstić information content (AvgIpc) is 2.87. The summed E-state index contributed by atoms with van der Waals surface area (Å²) in [7, 11) is -3.89. The zero-order valence-electron chi connectivity index (χ0n) is 18.9. The number of amides is 1. The number of rotatable bonds is 8. The van der Waals surface area contributed by atoms with Crippen molar-refractivity contribution in [3.05, 3.63) is 77.9 Å². The molecule has 0 radical (unpaired) electrons. The number of aryl methyl sites for hydroxylation is 1. The van der Waals surface area contributed by atoms with Gasteiger partial charge in [-0.05, 0) is 54.4 Å². The Kier molecular flexibility index (Phi) is 7.21. The molecule has 0 unspecified atom stereocenters. The maximum atomic E-state index is 12.7. The number of sulfonamides is 1. The lowest BCUT2D eigenvalue weighted by Crippen LogP contribution is -2.21. The van der Waals surface area contributed by atoms with E-state index < -0.39 is 28.5 Å². The fourth-order valence-electron chi connectivity index (χ4n) is 3.43. The van der Waals surface area contributed by atoms with E-state index in [1.54, 1.807) is 12.1 Å². The van der Waals surface area contributed by atoms with Gasteiger partial charge in [0.15, 0.2) is 18.1 Å². The molecule has 0 saturated heterocycles. The Labute approximate surface area is 203 Å². The summed E-state index contributed by atoms with van der Waals surface area (Å²) >= 11 is 0. The Morgan fingerprint density at radius 1 is 0.943 bits per heavy atom. The number of hydrogen-bond acceptors (Lipinski definition) is 7. The van der Waals surface area contributed by atoms with Gasteiger partial charge in [-0.25, -0.2) is 13.2 Å². The fraction of sp³-hybridized carbons (Fsp3) is 0.200. The van der Waals surface area contributed by atoms with Crippen molar-refractivity contribution < 1.29 is 32.2 Å². The predicted molar refractivity (Wildman–Crippen MR) is 129 cm³/mol. The molecule has 3 aromatic carbocycles. The lowest BCUT2D eigenvalue weighted by Gasteiger charge is -2.19. The van der Waals surface area contributed by atoms with Gasteiger partial charge in [0.2, 0.25) is 0 Å². The van der Waals surface area contributed by atoms with E-state index >= 15 is 0 Å². The first-order valence-corrected chi connectivity index (χ1v) is 12.4. The second-order valence-corrected chi connectivity index (χ2v) is 9.31. The summed E-state index contributed by atoms with van der Waals surface area (Å²) in [5, 5.41) is 2.73. The number of para-hydroxylation sites is 1. The van der Waals surface area contributed by atoms with Gasteiger partial charge < -0.3 is 19.5 Å². The van der Waals surface area contributed by atoms with Crippen LogP contribution in [0.1, 0.15) is 22.8 Å². The summed E-state index contributed by atoms with van der Waals surface area (Å²) in [6.07, 6.45) is 0.751. The molecule has 4 rings (SSSR count). The van der Waals surface area contributed by atoms with E-state index in [4.69, 9.17) is 14.2 Å². The normalized spacial score (nSPS) is 12.5. The van der Waals surface area contributed by atoms with Crippen LogP contribution in [-0.2, 0) is 26.0 Å². The first-order chi connectivity index (χ1) is 16.9. The van der Waals surface area contributed by atoms with Gasteiger partial charge in [-0.1, -0.05) is 25.1 Å². The summed E-state index contributed by atoms with van der Waals surface area (Å²) in [4.78, 5) is 24.5. The van der Waals surface area contributed by atoms with E-state index in [9.17, 15) is 18.0 Å². The first-order valence-electron chi connectivity index (χ1n) is 10.9. The van der Waals surface area contributed by atoms with Crippen molar-refractivity contribution in [3.63, 3.8) is 0 Å². The SMILES string of the molecule is CCc1ccccc1NC(=O)COC(=O)c1ccc(NS(=O)(=O)c2ccc3c(c2)OCCO3)cc1. The molecule has 9 nitrogen and oxygen atoms in total. The van der Waals surface area contributed by atoms with Crippen LogP contribution in [0.15, 0.2) is 71.6 Å². The number of benzene rings is 3. The van der Waals surface area contributed by atoms with Crippen LogP contribution in [0.25, 0.3) is 0 Å². The van der Waals surface area contributed by atoms with Crippen molar-refractivity contribution in [1.29, 1.82) is 0 Å². The van der Waals surface area contributed by atoms with Crippen molar-refractivity contribution in [2.75, 3.05) is 29.9 Å². The minimum Gasteiger partial charge on any atom is -0.486 e. The van der Waals surface area contributed by atoms with Crippen LogP contribution in [0.4, 0.5) is 11.4 Å². The van der Waals surface area contributed by atoms with Gasteiger partial charge >= 0.3 is 5.97 Å². The van der Waals surface area contributed by atoms with E-state index in [0.717, 1.165) is 12.0 Å². The Bertz CT molecular complexity index is 1340. The van der Waals surface area contributed by atoms with Crippen LogP contribution in [0.5, 0.6) is 11.5 Å². The highest BCUT2D eigenvalue weighted by atomic mass is 32.2. The standard InChI is InChI=1S/C25H24N2O7S/c1-2-17-5-3-4-6-21(17)26-24(28)16-34-25(29)18-7-9-19(10-8-18)27-35(30,31)20-11-12-22-23(15-20)33-14-13-32-22/h3-12,15,27H,2,13-14,16H2,1H3,(H,26,28). The van der Waals surface area contributed by atoms with Gasteiger partial charge in [0, 0.05) is 17.4 Å². The molecule has 0 aromatic heterocycles. The summed E-state index contributed by atoms with van der Waals surface area (Å²) in [5.74, 6) is -0.311. The smallest absolute Gasteiger partial charge is 0.338 e. The summed E-state index contributed by atoms with van der Waals surface area (Å²) in [6.45, 7) is 2.28. The third kappa shape index (κ3) is 5.90. The number of fused-ring (bicyclic) bond motifs is 1. The van der Waals surface area contributed by atoms with Crippen molar-refractivity contribution in [1.82, 2.24) is 0 Å². The molecule has 0 spiro atoms. The Balaban J connectivity index is 1.34. The molecule has 0 aliphatic carbocycles. The van der Waals surface area contributed by atoms with Crippen molar-refractivity contribution in [2.24, 2.45) is 0 Å². The van der Waals surface area contributed by atoms with Gasteiger partial charge in [-0.2, -0.15) is 0 Å². The zero-order chi connectivity index (χ0) is 24.8. The van der Waals surface area contributed by atoms with Crippen LogP contribution in [0, 0.1) is 0 Å². The number of nitrogens with one attached hydrogen (secondary N) is 2. The molecule has 10 heteroatoms. The second kappa shape index (κ2) is 10.5. The number of ether oxygens (including phenoxy) is 3. The minimum absolute atomic E-state index is 0.0147. The lowest BCUT2D eigenvalue weighted by molar-refractivity contribution is -0.119. The first kappa shape index (κ1) is 24.1. The zero-order valence-corrected chi connectivity index (χ0v) is 19.8. The molecule has 35 heavy (non-hydrogen) atoms. The van der Waals surface area contributed by atoms with E-state index in [1.165, 1.54) is 36.4 Å². The van der Waals surface area contributed by atoms with Crippen LogP contribution < -0.4 is 19.5 Å². The monoisotopic (exact) mass is 496 g/mol. The summed E-state index contributed by atoms with van der Waals surface area (Å²) < 4.78 is 43.9. The molecule has 1 amide bonds. The number of carbonyl (C=O) groups excluding carboxylic acids is 2. The Morgan fingerprint density at radius 2 is 1.66 bits per heavy atom. The minimum atomic E-state index is -3.89. The number of hydrogen-bond donors (Lipinski definition) is 2. The molecule has 1 heterocycles. The molecule has 1 aliphatic rings. The van der Waals surface area contributed by atoms with E-state index in [0.29, 0.717) is 30.4 Å². The quantitative estimate of drug-likeness (QED) is 0.457. The second-order valence-electron chi connectivity index (χ2n) is 7.62. The number of carbonyl (C=O) groups is 2. The Hall–Kier alpha value is -4.05. The van der Waals surface area contributed by atoms with Crippen molar-refractivity contribution in [3.8, 4) is 11.5 Å². The largest absolute Gasteiger partial charge is 0.486 e. The van der Waals surface area contributed by atoms with Crippen molar-refractivity contribution >= 4 is 33.3 Å². The van der Waals surface area contributed by atoms with E-state index in [1.807, 2.05) is 25.1 Å². The average molecular weight is 497 g/mol. The molecule has 0 fully saturated rings. The maximum absolute atomic E-state index is 12.7.